The van der Waals surface area contributed by atoms with Crippen LogP contribution in [0, 0.1) is 0 Å². The average molecular weight is 355 g/mol. The van der Waals surface area contributed by atoms with Gasteiger partial charge in [-0.05, 0) is 37.0 Å². The standard InChI is InChI=1S/C20H25N3O3/c1-22(20(19(25)26)12-6-3-7-13-20)18(24)11-10-16-14-21-23(15-16)17-8-4-2-5-9-17/h2,4-5,8-9,14-15H,3,6-7,10-13H2,1H3,(H,25,26). The Labute approximate surface area is 153 Å². The molecule has 26 heavy (non-hydrogen) atoms. The van der Waals surface area contributed by atoms with Crippen molar-refractivity contribution in [2.75, 3.05) is 7.05 Å². The van der Waals surface area contributed by atoms with Crippen molar-refractivity contribution in [2.24, 2.45) is 0 Å². The number of para-hydroxylation sites is 1. The summed E-state index contributed by atoms with van der Waals surface area (Å²) in [6.07, 6.45) is 8.33. The minimum absolute atomic E-state index is 0.123. The van der Waals surface area contributed by atoms with E-state index in [1.54, 1.807) is 17.9 Å². The molecule has 1 fully saturated rings. The van der Waals surface area contributed by atoms with Gasteiger partial charge in [0, 0.05) is 19.7 Å². The van der Waals surface area contributed by atoms with Crippen molar-refractivity contribution < 1.29 is 14.7 Å². The third kappa shape index (κ3) is 3.64. The number of aromatic nitrogens is 2. The highest BCUT2D eigenvalue weighted by Gasteiger charge is 2.45. The minimum atomic E-state index is -1.04. The molecule has 3 rings (SSSR count). The van der Waals surface area contributed by atoms with Crippen molar-refractivity contribution in [1.82, 2.24) is 14.7 Å². The van der Waals surface area contributed by atoms with Crippen LogP contribution < -0.4 is 0 Å². The molecule has 0 spiro atoms. The van der Waals surface area contributed by atoms with Crippen molar-refractivity contribution in [3.8, 4) is 5.69 Å². The normalized spacial score (nSPS) is 16.2. The lowest BCUT2D eigenvalue weighted by Crippen LogP contribution is -2.56. The molecule has 1 aromatic heterocycles. The van der Waals surface area contributed by atoms with Crippen LogP contribution in [-0.4, -0.2) is 44.3 Å². The SMILES string of the molecule is CN(C(=O)CCc1cnn(-c2ccccc2)c1)C1(C(=O)O)CCCCC1. The lowest BCUT2D eigenvalue weighted by molar-refractivity contribution is -0.160. The summed E-state index contributed by atoms with van der Waals surface area (Å²) >= 11 is 0. The molecular formula is C20H25N3O3. The summed E-state index contributed by atoms with van der Waals surface area (Å²) in [6, 6.07) is 9.78. The second-order valence-corrected chi connectivity index (χ2v) is 6.98. The van der Waals surface area contributed by atoms with E-state index < -0.39 is 11.5 Å². The van der Waals surface area contributed by atoms with Gasteiger partial charge < -0.3 is 10.0 Å². The molecule has 6 heteroatoms. The van der Waals surface area contributed by atoms with E-state index >= 15 is 0 Å². The fourth-order valence-corrected chi connectivity index (χ4v) is 3.70. The molecule has 1 aliphatic rings. The maximum absolute atomic E-state index is 12.6. The molecule has 138 valence electrons. The van der Waals surface area contributed by atoms with Gasteiger partial charge in [0.05, 0.1) is 11.9 Å². The third-order valence-corrected chi connectivity index (χ3v) is 5.38. The number of carboxylic acid groups (broad SMARTS) is 1. The molecule has 1 N–H and O–H groups in total. The molecule has 0 bridgehead atoms. The number of benzene rings is 1. The van der Waals surface area contributed by atoms with E-state index in [0.29, 0.717) is 19.3 Å². The number of carboxylic acids is 1. The lowest BCUT2D eigenvalue weighted by Gasteiger charge is -2.41. The minimum Gasteiger partial charge on any atom is -0.479 e. The number of likely N-dealkylation sites (N-methyl/N-ethyl adjacent to an activating group) is 1. The molecule has 1 aromatic carbocycles. The maximum Gasteiger partial charge on any atom is 0.329 e. The van der Waals surface area contributed by atoms with Crippen molar-refractivity contribution in [3.63, 3.8) is 0 Å². The molecule has 0 radical (unpaired) electrons. The molecule has 1 amide bonds. The zero-order chi connectivity index (χ0) is 18.6. The zero-order valence-electron chi connectivity index (χ0n) is 15.1. The second kappa shape index (κ2) is 7.72. The number of rotatable bonds is 6. The third-order valence-electron chi connectivity index (χ3n) is 5.38. The van der Waals surface area contributed by atoms with Gasteiger partial charge in [0.15, 0.2) is 0 Å². The summed E-state index contributed by atoms with van der Waals surface area (Å²) in [5.74, 6) is -1.01. The van der Waals surface area contributed by atoms with Crippen LogP contribution in [0.15, 0.2) is 42.7 Å². The Morgan fingerprint density at radius 3 is 2.54 bits per heavy atom. The van der Waals surface area contributed by atoms with Gasteiger partial charge in [-0.3, -0.25) is 4.79 Å². The van der Waals surface area contributed by atoms with Gasteiger partial charge in [-0.15, -0.1) is 0 Å². The fraction of sp³-hybridized carbons (Fsp3) is 0.450. The van der Waals surface area contributed by atoms with Crippen LogP contribution in [0.4, 0.5) is 0 Å². The number of aryl methyl sites for hydroxylation is 1. The Bertz CT molecular complexity index is 764. The summed E-state index contributed by atoms with van der Waals surface area (Å²) in [7, 11) is 1.63. The number of hydrogen-bond acceptors (Lipinski definition) is 3. The first-order valence-electron chi connectivity index (χ1n) is 9.12. The first-order valence-corrected chi connectivity index (χ1v) is 9.12. The van der Waals surface area contributed by atoms with Crippen molar-refractivity contribution >= 4 is 11.9 Å². The summed E-state index contributed by atoms with van der Waals surface area (Å²) in [5, 5.41) is 14.1. The molecule has 1 saturated carbocycles. The number of amides is 1. The van der Waals surface area contributed by atoms with Crippen LogP contribution in [0.1, 0.15) is 44.1 Å². The largest absolute Gasteiger partial charge is 0.479 e. The molecule has 0 unspecified atom stereocenters. The van der Waals surface area contributed by atoms with E-state index in [2.05, 4.69) is 5.10 Å². The molecular weight excluding hydrogens is 330 g/mol. The molecule has 0 atom stereocenters. The van der Waals surface area contributed by atoms with Gasteiger partial charge in [-0.2, -0.15) is 5.10 Å². The molecule has 1 aliphatic carbocycles. The van der Waals surface area contributed by atoms with E-state index in [-0.39, 0.29) is 12.3 Å². The topological polar surface area (TPSA) is 75.4 Å². The number of carbonyl (C=O) groups excluding carboxylic acids is 1. The highest BCUT2D eigenvalue weighted by molar-refractivity contribution is 5.87. The highest BCUT2D eigenvalue weighted by Crippen LogP contribution is 2.33. The Hall–Kier alpha value is -2.63. The van der Waals surface area contributed by atoms with E-state index in [9.17, 15) is 14.7 Å². The van der Waals surface area contributed by atoms with Crippen molar-refractivity contribution in [1.29, 1.82) is 0 Å². The Kier molecular flexibility index (Phi) is 5.40. The quantitative estimate of drug-likeness (QED) is 0.864. The van der Waals surface area contributed by atoms with Gasteiger partial charge in [0.25, 0.3) is 0 Å². The van der Waals surface area contributed by atoms with E-state index in [1.807, 2.05) is 36.5 Å². The van der Waals surface area contributed by atoms with Crippen LogP contribution in [0.5, 0.6) is 0 Å². The molecule has 0 saturated heterocycles. The first kappa shape index (κ1) is 18.2. The van der Waals surface area contributed by atoms with E-state index in [1.165, 1.54) is 4.90 Å². The summed E-state index contributed by atoms with van der Waals surface area (Å²) in [6.45, 7) is 0. The van der Waals surface area contributed by atoms with E-state index in [0.717, 1.165) is 30.5 Å². The zero-order valence-corrected chi connectivity index (χ0v) is 15.1. The summed E-state index contributed by atoms with van der Waals surface area (Å²) < 4.78 is 1.78. The van der Waals surface area contributed by atoms with Crippen molar-refractivity contribution in [2.45, 2.75) is 50.5 Å². The molecule has 1 heterocycles. The van der Waals surface area contributed by atoms with Gasteiger partial charge in [0.2, 0.25) is 5.91 Å². The van der Waals surface area contributed by atoms with Crippen LogP contribution >= 0.6 is 0 Å². The van der Waals surface area contributed by atoms with Crippen LogP contribution in [0.3, 0.4) is 0 Å². The molecule has 0 aliphatic heterocycles. The van der Waals surface area contributed by atoms with Gasteiger partial charge in [-0.25, -0.2) is 9.48 Å². The number of nitrogens with zero attached hydrogens (tertiary/aromatic N) is 3. The lowest BCUT2D eigenvalue weighted by atomic mass is 9.80. The first-order chi connectivity index (χ1) is 12.5. The smallest absolute Gasteiger partial charge is 0.329 e. The number of hydrogen-bond donors (Lipinski definition) is 1. The Morgan fingerprint density at radius 2 is 1.88 bits per heavy atom. The van der Waals surface area contributed by atoms with Crippen LogP contribution in [0.2, 0.25) is 0 Å². The average Bonchev–Trinajstić information content (AvgIpc) is 3.15. The van der Waals surface area contributed by atoms with Gasteiger partial charge in [-0.1, -0.05) is 37.5 Å². The predicted molar refractivity (Wildman–Crippen MR) is 98.1 cm³/mol. The predicted octanol–water partition coefficient (Wildman–Crippen LogP) is 3.05. The van der Waals surface area contributed by atoms with Gasteiger partial charge in [0.1, 0.15) is 5.54 Å². The highest BCUT2D eigenvalue weighted by atomic mass is 16.4. The summed E-state index contributed by atoms with van der Waals surface area (Å²) in [4.78, 5) is 26.0. The Balaban J connectivity index is 1.63. The van der Waals surface area contributed by atoms with Crippen LogP contribution in [-0.2, 0) is 16.0 Å². The summed E-state index contributed by atoms with van der Waals surface area (Å²) in [5.41, 5.74) is 0.890. The van der Waals surface area contributed by atoms with Crippen LogP contribution in [0.25, 0.3) is 5.69 Å². The molecule has 2 aromatic rings. The molecule has 6 nitrogen and oxygen atoms in total. The fourth-order valence-electron chi connectivity index (χ4n) is 3.70. The number of aliphatic carboxylic acids is 1. The second-order valence-electron chi connectivity index (χ2n) is 6.98. The monoisotopic (exact) mass is 355 g/mol. The Morgan fingerprint density at radius 1 is 1.19 bits per heavy atom. The van der Waals surface area contributed by atoms with Gasteiger partial charge >= 0.3 is 5.97 Å². The maximum atomic E-state index is 12.6. The van der Waals surface area contributed by atoms with Crippen molar-refractivity contribution in [3.05, 3.63) is 48.3 Å². The number of carbonyl (C=O) groups is 2. The van der Waals surface area contributed by atoms with E-state index in [4.69, 9.17) is 0 Å².